The van der Waals surface area contributed by atoms with Gasteiger partial charge in [-0.15, -0.1) is 0 Å². The number of hydrogen-bond acceptors (Lipinski definition) is 3. The van der Waals surface area contributed by atoms with Gasteiger partial charge < -0.3 is 10.1 Å². The van der Waals surface area contributed by atoms with Crippen LogP contribution in [-0.4, -0.2) is 12.1 Å². The maximum absolute atomic E-state index is 5.36. The molecule has 0 aliphatic heterocycles. The number of rotatable bonds is 5. The zero-order valence-corrected chi connectivity index (χ0v) is 14.6. The predicted molar refractivity (Wildman–Crippen MR) is 107 cm³/mol. The van der Waals surface area contributed by atoms with Crippen molar-refractivity contribution in [2.45, 2.75) is 6.54 Å². The van der Waals surface area contributed by atoms with E-state index in [1.165, 1.54) is 5.56 Å². The van der Waals surface area contributed by atoms with Gasteiger partial charge in [0.25, 0.3) is 0 Å². The van der Waals surface area contributed by atoms with Crippen molar-refractivity contribution in [1.82, 2.24) is 4.98 Å². The minimum absolute atomic E-state index is 0.731. The Morgan fingerprint density at radius 1 is 0.846 bits per heavy atom. The molecule has 0 amide bonds. The average Bonchev–Trinajstić information content (AvgIpc) is 2.72. The fourth-order valence-electron chi connectivity index (χ4n) is 3.04. The molecule has 0 fully saturated rings. The highest BCUT2D eigenvalue weighted by Crippen LogP contribution is 2.31. The van der Waals surface area contributed by atoms with E-state index in [0.717, 1.165) is 40.1 Å². The van der Waals surface area contributed by atoms with Crippen LogP contribution in [0.3, 0.4) is 0 Å². The van der Waals surface area contributed by atoms with E-state index < -0.39 is 0 Å². The van der Waals surface area contributed by atoms with Gasteiger partial charge in [-0.3, -0.25) is 0 Å². The van der Waals surface area contributed by atoms with Crippen LogP contribution >= 0.6 is 0 Å². The van der Waals surface area contributed by atoms with Gasteiger partial charge in [-0.2, -0.15) is 0 Å². The standard InChI is InChI=1S/C23H20N2O/c1-26-20-12-13-22-19(14-20)15-21(18-10-6-3-7-11-18)23(25-22)24-16-17-8-4-2-5-9-17/h2-15H,16H2,1H3,(H,24,25). The van der Waals surface area contributed by atoms with E-state index in [2.05, 4.69) is 47.8 Å². The minimum Gasteiger partial charge on any atom is -0.497 e. The number of aromatic nitrogens is 1. The van der Waals surface area contributed by atoms with Crippen LogP contribution in [0.25, 0.3) is 22.0 Å². The molecular formula is C23H20N2O. The second-order valence-corrected chi connectivity index (χ2v) is 6.15. The maximum atomic E-state index is 5.36. The van der Waals surface area contributed by atoms with Gasteiger partial charge in [0.2, 0.25) is 0 Å². The Hall–Kier alpha value is -3.33. The number of methoxy groups -OCH3 is 1. The molecule has 4 aromatic rings. The lowest BCUT2D eigenvalue weighted by Gasteiger charge is -2.14. The van der Waals surface area contributed by atoms with Gasteiger partial charge in [0.05, 0.1) is 12.6 Å². The van der Waals surface area contributed by atoms with Crippen LogP contribution in [0.5, 0.6) is 5.75 Å². The Balaban J connectivity index is 1.78. The number of anilines is 1. The molecule has 3 nitrogen and oxygen atoms in total. The van der Waals surface area contributed by atoms with Crippen molar-refractivity contribution in [2.75, 3.05) is 12.4 Å². The topological polar surface area (TPSA) is 34.1 Å². The zero-order chi connectivity index (χ0) is 17.8. The number of benzene rings is 3. The average molecular weight is 340 g/mol. The molecule has 0 radical (unpaired) electrons. The second-order valence-electron chi connectivity index (χ2n) is 6.15. The molecule has 0 unspecified atom stereocenters. The third-order valence-corrected chi connectivity index (χ3v) is 4.41. The van der Waals surface area contributed by atoms with Gasteiger partial charge in [0, 0.05) is 17.5 Å². The Morgan fingerprint density at radius 3 is 2.31 bits per heavy atom. The molecule has 4 rings (SSSR count). The van der Waals surface area contributed by atoms with Crippen LogP contribution < -0.4 is 10.1 Å². The quantitative estimate of drug-likeness (QED) is 0.519. The predicted octanol–water partition coefficient (Wildman–Crippen LogP) is 5.52. The van der Waals surface area contributed by atoms with Gasteiger partial charge in [0.15, 0.2) is 0 Å². The molecule has 1 heterocycles. The van der Waals surface area contributed by atoms with Gasteiger partial charge in [0.1, 0.15) is 11.6 Å². The van der Waals surface area contributed by atoms with E-state index in [9.17, 15) is 0 Å². The number of ether oxygens (including phenoxy) is 1. The fraction of sp³-hybridized carbons (Fsp3) is 0.0870. The van der Waals surface area contributed by atoms with Crippen molar-refractivity contribution in [3.05, 3.63) is 90.5 Å². The van der Waals surface area contributed by atoms with Crippen molar-refractivity contribution in [1.29, 1.82) is 0 Å². The van der Waals surface area contributed by atoms with Crippen molar-refractivity contribution in [3.63, 3.8) is 0 Å². The molecule has 3 heteroatoms. The van der Waals surface area contributed by atoms with Crippen molar-refractivity contribution in [2.24, 2.45) is 0 Å². The second kappa shape index (κ2) is 7.28. The zero-order valence-electron chi connectivity index (χ0n) is 14.6. The van der Waals surface area contributed by atoms with Crippen LogP contribution in [0, 0.1) is 0 Å². The summed E-state index contributed by atoms with van der Waals surface area (Å²) in [7, 11) is 1.68. The molecule has 0 saturated heterocycles. The monoisotopic (exact) mass is 340 g/mol. The van der Waals surface area contributed by atoms with Gasteiger partial charge in [-0.1, -0.05) is 60.7 Å². The van der Waals surface area contributed by atoms with Gasteiger partial charge >= 0.3 is 0 Å². The summed E-state index contributed by atoms with van der Waals surface area (Å²) in [5, 5.41) is 4.57. The SMILES string of the molecule is COc1ccc2nc(NCc3ccccc3)c(-c3ccccc3)cc2c1. The first-order valence-corrected chi connectivity index (χ1v) is 8.65. The summed E-state index contributed by atoms with van der Waals surface area (Å²) >= 11 is 0. The Kier molecular flexibility index (Phi) is 4.52. The maximum Gasteiger partial charge on any atom is 0.134 e. The molecule has 0 atom stereocenters. The van der Waals surface area contributed by atoms with Crippen molar-refractivity contribution < 1.29 is 4.74 Å². The fourth-order valence-corrected chi connectivity index (χ4v) is 3.04. The molecule has 1 aromatic heterocycles. The highest BCUT2D eigenvalue weighted by Gasteiger charge is 2.10. The molecule has 26 heavy (non-hydrogen) atoms. The van der Waals surface area contributed by atoms with Crippen LogP contribution in [-0.2, 0) is 6.54 Å². The largest absolute Gasteiger partial charge is 0.497 e. The summed E-state index contributed by atoms with van der Waals surface area (Å²) in [6.07, 6.45) is 0. The first-order valence-electron chi connectivity index (χ1n) is 8.65. The lowest BCUT2D eigenvalue weighted by molar-refractivity contribution is 0.415. The highest BCUT2D eigenvalue weighted by molar-refractivity contribution is 5.90. The number of fused-ring (bicyclic) bond motifs is 1. The van der Waals surface area contributed by atoms with E-state index >= 15 is 0 Å². The Morgan fingerprint density at radius 2 is 1.58 bits per heavy atom. The summed E-state index contributed by atoms with van der Waals surface area (Å²) in [5.41, 5.74) is 4.40. The van der Waals surface area contributed by atoms with Crippen LogP contribution in [0.15, 0.2) is 84.9 Å². The molecular weight excluding hydrogens is 320 g/mol. The Labute approximate surface area is 153 Å². The Bertz CT molecular complexity index is 1010. The number of nitrogens with zero attached hydrogens (tertiary/aromatic N) is 1. The summed E-state index contributed by atoms with van der Waals surface area (Å²) < 4.78 is 5.36. The smallest absolute Gasteiger partial charge is 0.134 e. The normalized spacial score (nSPS) is 10.7. The lowest BCUT2D eigenvalue weighted by Crippen LogP contribution is -2.03. The van der Waals surface area contributed by atoms with E-state index in [4.69, 9.17) is 9.72 Å². The molecule has 0 aliphatic carbocycles. The summed E-state index contributed by atoms with van der Waals surface area (Å²) in [4.78, 5) is 4.88. The first-order chi connectivity index (χ1) is 12.8. The summed E-state index contributed by atoms with van der Waals surface area (Å²) in [6.45, 7) is 0.731. The molecule has 128 valence electrons. The third kappa shape index (κ3) is 3.38. The lowest BCUT2D eigenvalue weighted by atomic mass is 10.0. The highest BCUT2D eigenvalue weighted by atomic mass is 16.5. The van der Waals surface area contributed by atoms with Crippen LogP contribution in [0.1, 0.15) is 5.56 Å². The van der Waals surface area contributed by atoms with Gasteiger partial charge in [-0.05, 0) is 35.4 Å². The van der Waals surface area contributed by atoms with Crippen LogP contribution in [0.4, 0.5) is 5.82 Å². The van der Waals surface area contributed by atoms with Crippen molar-refractivity contribution >= 4 is 16.7 Å². The number of pyridine rings is 1. The molecule has 0 aliphatic rings. The first kappa shape index (κ1) is 16.2. The third-order valence-electron chi connectivity index (χ3n) is 4.41. The minimum atomic E-state index is 0.731. The van der Waals surface area contributed by atoms with E-state index in [0.29, 0.717) is 0 Å². The molecule has 3 aromatic carbocycles. The van der Waals surface area contributed by atoms with Crippen molar-refractivity contribution in [3.8, 4) is 16.9 Å². The molecule has 1 N–H and O–H groups in total. The molecule has 0 bridgehead atoms. The van der Waals surface area contributed by atoms with E-state index in [1.807, 2.05) is 42.5 Å². The summed E-state index contributed by atoms with van der Waals surface area (Å²) in [5.74, 6) is 1.72. The van der Waals surface area contributed by atoms with E-state index in [1.54, 1.807) is 7.11 Å². The molecule has 0 spiro atoms. The number of hydrogen-bond donors (Lipinski definition) is 1. The van der Waals surface area contributed by atoms with E-state index in [-0.39, 0.29) is 0 Å². The number of nitrogens with one attached hydrogen (secondary N) is 1. The van der Waals surface area contributed by atoms with Gasteiger partial charge in [-0.25, -0.2) is 4.98 Å². The summed E-state index contributed by atoms with van der Waals surface area (Å²) in [6, 6.07) is 28.8. The van der Waals surface area contributed by atoms with Crippen LogP contribution in [0.2, 0.25) is 0 Å². The molecule has 0 saturated carbocycles.